The van der Waals surface area contributed by atoms with Crippen LogP contribution in [-0.2, 0) is 9.53 Å². The highest BCUT2D eigenvalue weighted by atomic mass is 35.5. The predicted molar refractivity (Wildman–Crippen MR) is 157 cm³/mol. The van der Waals surface area contributed by atoms with Gasteiger partial charge in [0.15, 0.2) is 16.3 Å². The van der Waals surface area contributed by atoms with Crippen molar-refractivity contribution in [1.29, 1.82) is 0 Å². The Morgan fingerprint density at radius 3 is 2.50 bits per heavy atom. The maximum atomic E-state index is 14.0. The van der Waals surface area contributed by atoms with Crippen molar-refractivity contribution in [2.24, 2.45) is 4.99 Å². The van der Waals surface area contributed by atoms with E-state index < -0.39 is 12.0 Å². The van der Waals surface area contributed by atoms with Crippen molar-refractivity contribution < 1.29 is 23.7 Å². The second kappa shape index (κ2) is 12.9. The molecule has 2 heterocycles. The van der Waals surface area contributed by atoms with E-state index in [1.807, 2.05) is 13.8 Å². The van der Waals surface area contributed by atoms with Gasteiger partial charge in [0.25, 0.3) is 5.56 Å². The van der Waals surface area contributed by atoms with Crippen LogP contribution in [0.4, 0.5) is 0 Å². The highest BCUT2D eigenvalue weighted by Crippen LogP contribution is 2.39. The Hall–Kier alpha value is -3.27. The molecule has 8 nitrogen and oxygen atoms in total. The average Bonchev–Trinajstić information content (AvgIpc) is 3.22. The molecule has 0 spiro atoms. The van der Waals surface area contributed by atoms with Gasteiger partial charge < -0.3 is 18.9 Å². The van der Waals surface area contributed by atoms with E-state index in [2.05, 4.69) is 0 Å². The fourth-order valence-corrected chi connectivity index (χ4v) is 6.11. The summed E-state index contributed by atoms with van der Waals surface area (Å²) in [7, 11) is 3.04. The first-order chi connectivity index (χ1) is 19.3. The molecule has 0 unspecified atom stereocenters. The molecule has 0 saturated carbocycles. The molecule has 1 aliphatic rings. The molecule has 4 rings (SSSR count). The number of halogens is 2. The smallest absolute Gasteiger partial charge is 0.338 e. The van der Waals surface area contributed by atoms with Crippen molar-refractivity contribution in [2.45, 2.75) is 39.7 Å². The summed E-state index contributed by atoms with van der Waals surface area (Å²) in [6.45, 7) is 6.18. The molecule has 1 atom stereocenters. The van der Waals surface area contributed by atoms with Crippen molar-refractivity contribution in [3.8, 4) is 17.2 Å². The zero-order valence-electron chi connectivity index (χ0n) is 22.9. The number of hydrogen-bond acceptors (Lipinski definition) is 8. The van der Waals surface area contributed by atoms with E-state index in [1.54, 1.807) is 43.3 Å². The molecule has 212 valence electrons. The summed E-state index contributed by atoms with van der Waals surface area (Å²) in [4.78, 5) is 32.7. The number of fused-ring (bicyclic) bond motifs is 1. The largest absolute Gasteiger partial charge is 0.496 e. The molecule has 0 aliphatic carbocycles. The molecule has 1 aromatic heterocycles. The molecule has 11 heteroatoms. The second-order valence-electron chi connectivity index (χ2n) is 8.77. The van der Waals surface area contributed by atoms with Gasteiger partial charge in [-0.1, -0.05) is 47.9 Å². The van der Waals surface area contributed by atoms with Gasteiger partial charge in [-0.15, -0.1) is 0 Å². The number of benzene rings is 2. The van der Waals surface area contributed by atoms with Crippen LogP contribution in [0.1, 0.15) is 50.8 Å². The molecule has 40 heavy (non-hydrogen) atoms. The molecule has 0 fully saturated rings. The minimum absolute atomic E-state index is 0.173. The van der Waals surface area contributed by atoms with Gasteiger partial charge in [-0.05, 0) is 62.2 Å². The lowest BCUT2D eigenvalue weighted by Crippen LogP contribution is -2.40. The summed E-state index contributed by atoms with van der Waals surface area (Å²) in [5.41, 5.74) is 1.72. The van der Waals surface area contributed by atoms with Crippen molar-refractivity contribution in [2.75, 3.05) is 27.4 Å². The molecule has 0 radical (unpaired) electrons. The van der Waals surface area contributed by atoms with Gasteiger partial charge in [0.2, 0.25) is 0 Å². The van der Waals surface area contributed by atoms with Gasteiger partial charge in [-0.25, -0.2) is 9.79 Å². The van der Waals surface area contributed by atoms with E-state index in [9.17, 15) is 9.59 Å². The zero-order valence-corrected chi connectivity index (χ0v) is 25.2. The van der Waals surface area contributed by atoms with Crippen LogP contribution in [0, 0.1) is 0 Å². The quantitative estimate of drug-likeness (QED) is 0.292. The van der Waals surface area contributed by atoms with E-state index in [0.29, 0.717) is 66.5 Å². The van der Waals surface area contributed by atoms with E-state index in [-0.39, 0.29) is 17.7 Å². The monoisotopic (exact) mass is 604 g/mol. The van der Waals surface area contributed by atoms with Crippen LogP contribution < -0.4 is 29.1 Å². The SMILES string of the molecule is CCCC1=C(C(=O)OCC)[C@@H](c2cc(Cl)ccc2OC)n2c(s/c(=C/c3cc(Cl)c(OC)c(OCC)c3)c2=O)=N1. The zero-order chi connectivity index (χ0) is 29.0. The lowest BCUT2D eigenvalue weighted by Gasteiger charge is -2.27. The van der Waals surface area contributed by atoms with Crippen molar-refractivity contribution >= 4 is 46.6 Å². The molecular weight excluding hydrogens is 575 g/mol. The molecule has 0 saturated heterocycles. The number of aromatic nitrogens is 1. The Kier molecular flexibility index (Phi) is 9.60. The van der Waals surface area contributed by atoms with Gasteiger partial charge in [-0.2, -0.15) is 0 Å². The van der Waals surface area contributed by atoms with E-state index >= 15 is 0 Å². The number of rotatable bonds is 10. The fraction of sp³-hybridized carbons (Fsp3) is 0.345. The lowest BCUT2D eigenvalue weighted by atomic mass is 9.93. The number of hydrogen-bond donors (Lipinski definition) is 0. The number of esters is 1. The van der Waals surface area contributed by atoms with Crippen LogP contribution in [-0.4, -0.2) is 38.0 Å². The van der Waals surface area contributed by atoms with E-state index in [0.717, 1.165) is 6.42 Å². The van der Waals surface area contributed by atoms with Gasteiger partial charge in [-0.3, -0.25) is 9.36 Å². The number of methoxy groups -OCH3 is 2. The highest BCUT2D eigenvalue weighted by Gasteiger charge is 2.36. The number of nitrogens with zero attached hydrogens (tertiary/aromatic N) is 2. The maximum Gasteiger partial charge on any atom is 0.338 e. The summed E-state index contributed by atoms with van der Waals surface area (Å²) in [6.07, 6.45) is 2.97. The molecule has 1 aliphatic heterocycles. The second-order valence-corrected chi connectivity index (χ2v) is 10.6. The molecule has 2 aromatic carbocycles. The van der Waals surface area contributed by atoms with Crippen LogP contribution in [0.3, 0.4) is 0 Å². The molecule has 0 bridgehead atoms. The third kappa shape index (κ3) is 5.77. The number of carbonyl (C=O) groups excluding carboxylic acids is 1. The summed E-state index contributed by atoms with van der Waals surface area (Å²) >= 11 is 14.1. The predicted octanol–water partition coefficient (Wildman–Crippen LogP) is 5.30. The van der Waals surface area contributed by atoms with E-state index in [1.165, 1.54) is 30.1 Å². The van der Waals surface area contributed by atoms with Gasteiger partial charge in [0.05, 0.1) is 48.3 Å². The number of ether oxygens (including phenoxy) is 4. The lowest BCUT2D eigenvalue weighted by molar-refractivity contribution is -0.139. The van der Waals surface area contributed by atoms with Crippen LogP contribution in [0.25, 0.3) is 6.08 Å². The minimum Gasteiger partial charge on any atom is -0.496 e. The Bertz CT molecular complexity index is 1640. The van der Waals surface area contributed by atoms with Crippen molar-refractivity contribution in [1.82, 2.24) is 4.57 Å². The summed E-state index contributed by atoms with van der Waals surface area (Å²) < 4.78 is 24.1. The number of carbonyl (C=O) groups is 1. The topological polar surface area (TPSA) is 88.4 Å². The first-order valence-electron chi connectivity index (χ1n) is 12.8. The van der Waals surface area contributed by atoms with E-state index in [4.69, 9.17) is 47.1 Å². The highest BCUT2D eigenvalue weighted by molar-refractivity contribution is 7.07. The third-order valence-corrected chi connectivity index (χ3v) is 7.71. The summed E-state index contributed by atoms with van der Waals surface area (Å²) in [5, 5.41) is 0.787. The maximum absolute atomic E-state index is 14.0. The first-order valence-corrected chi connectivity index (χ1v) is 14.4. The van der Waals surface area contributed by atoms with Crippen LogP contribution in [0.5, 0.6) is 17.2 Å². The first kappa shape index (κ1) is 29.7. The van der Waals surface area contributed by atoms with Crippen molar-refractivity contribution in [3.63, 3.8) is 0 Å². The summed E-state index contributed by atoms with van der Waals surface area (Å²) in [5.74, 6) is 0.817. The van der Waals surface area contributed by atoms with Crippen LogP contribution in [0.15, 0.2) is 51.4 Å². The Balaban J connectivity index is 2.03. The fourth-order valence-electron chi connectivity index (χ4n) is 4.62. The number of thiazole rings is 1. The molecular formula is C29H30Cl2N2O6S. The van der Waals surface area contributed by atoms with Crippen molar-refractivity contribution in [3.05, 3.63) is 82.5 Å². The Morgan fingerprint density at radius 1 is 1.07 bits per heavy atom. The minimum atomic E-state index is -0.855. The normalized spacial score (nSPS) is 15.0. The standard InChI is InChI=1S/C29H30Cl2N2O6S/c1-6-9-20-24(28(35)39-8-3)25(18-15-17(30)10-11-21(18)36-4)33-27(34)23(40-29(33)32-20)14-16-12-19(31)26(37-5)22(13-16)38-7-2/h10-15,25H,6-9H2,1-5H3/b23-14+/t25-/m1/s1. The third-order valence-electron chi connectivity index (χ3n) is 6.21. The Labute approximate surface area is 246 Å². The molecule has 0 amide bonds. The van der Waals surface area contributed by atoms with Crippen LogP contribution in [0.2, 0.25) is 10.0 Å². The van der Waals surface area contributed by atoms with Crippen LogP contribution >= 0.6 is 34.5 Å². The van der Waals surface area contributed by atoms with Gasteiger partial charge in [0.1, 0.15) is 11.8 Å². The molecule has 0 N–H and O–H groups in total. The summed E-state index contributed by atoms with van der Waals surface area (Å²) in [6, 6.07) is 7.71. The Morgan fingerprint density at radius 2 is 1.85 bits per heavy atom. The molecule has 3 aromatic rings. The van der Waals surface area contributed by atoms with Gasteiger partial charge in [0, 0.05) is 10.6 Å². The van der Waals surface area contributed by atoms with Gasteiger partial charge >= 0.3 is 5.97 Å². The average molecular weight is 606 g/mol. The number of allylic oxidation sites excluding steroid dienone is 1.